The summed E-state index contributed by atoms with van der Waals surface area (Å²) in [5.74, 6) is -2.33. The number of unbranched alkanes of at least 4 members (excludes halogenated alkanes) is 24. The van der Waals surface area contributed by atoms with Crippen LogP contribution in [0.25, 0.3) is 0 Å². The van der Waals surface area contributed by atoms with Gasteiger partial charge in [-0.3, -0.25) is 37.3 Å². The quantitative estimate of drug-likeness (QED) is 0.0169. The minimum atomic E-state index is -5.01. The SMILES string of the molecule is CC/C=C\C/C=C\C/C=C\C/C=C\C/C=C\C/C=C\CCC(=O)OCC(COP(=O)(O)OCC(O)COP(=O)(O)OCC(COC(=O)CCCCCCCC/C=C\C/C=C\C/C=C\CCCCC)OC(=O)CCCCCCC/C=C\CCCCCCCC)OC(=O)CCCCCC/C=C\C/C=C\C/C=C\C/C=C\CC. The van der Waals surface area contributed by atoms with Gasteiger partial charge in [0.25, 0.3) is 0 Å². The summed E-state index contributed by atoms with van der Waals surface area (Å²) >= 11 is 0. The number of hydrogen-bond acceptors (Lipinski definition) is 15. The van der Waals surface area contributed by atoms with E-state index in [1.165, 1.54) is 57.8 Å². The fourth-order valence-corrected chi connectivity index (χ4v) is 12.3. The first-order chi connectivity index (χ1) is 53.7. The van der Waals surface area contributed by atoms with Gasteiger partial charge >= 0.3 is 39.5 Å². The van der Waals surface area contributed by atoms with Gasteiger partial charge in [0.05, 0.1) is 26.4 Å². The second-order valence-corrected chi connectivity index (χ2v) is 30.6. The number of ether oxygens (including phenoxy) is 4. The maximum absolute atomic E-state index is 13.1. The Labute approximate surface area is 667 Å². The molecular formula is C91H150O17P2. The Morgan fingerprint density at radius 1 is 0.264 bits per heavy atom. The second kappa shape index (κ2) is 81.4. The number of carbonyl (C=O) groups is 4. The molecule has 19 heteroatoms. The Bertz CT molecular complexity index is 2750. The molecule has 0 aromatic carbocycles. The highest BCUT2D eigenvalue weighted by Gasteiger charge is 2.30. The molecule has 0 rings (SSSR count). The minimum Gasteiger partial charge on any atom is -0.462 e. The number of phosphoric acid groups is 2. The number of esters is 4. The van der Waals surface area contributed by atoms with E-state index in [-0.39, 0.29) is 25.7 Å². The summed E-state index contributed by atoms with van der Waals surface area (Å²) in [4.78, 5) is 73.2. The molecule has 0 radical (unpaired) electrons. The van der Waals surface area contributed by atoms with Gasteiger partial charge in [-0.25, -0.2) is 9.13 Å². The van der Waals surface area contributed by atoms with Crippen molar-refractivity contribution in [1.29, 1.82) is 0 Å². The predicted octanol–water partition coefficient (Wildman–Crippen LogP) is 25.3. The molecule has 0 aromatic rings. The zero-order valence-corrected chi connectivity index (χ0v) is 70.4. The maximum atomic E-state index is 13.1. The minimum absolute atomic E-state index is 0.0243. The van der Waals surface area contributed by atoms with E-state index in [1.54, 1.807) is 0 Å². The zero-order chi connectivity index (χ0) is 80.3. The fourth-order valence-electron chi connectivity index (χ4n) is 10.8. The van der Waals surface area contributed by atoms with Crippen molar-refractivity contribution in [3.63, 3.8) is 0 Å². The van der Waals surface area contributed by atoms with E-state index in [9.17, 15) is 43.2 Å². The molecule has 5 unspecified atom stereocenters. The summed E-state index contributed by atoms with van der Waals surface area (Å²) in [5, 5.41) is 10.7. The van der Waals surface area contributed by atoms with Crippen LogP contribution in [-0.2, 0) is 65.4 Å². The van der Waals surface area contributed by atoms with Crippen LogP contribution in [0.1, 0.15) is 323 Å². The largest absolute Gasteiger partial charge is 0.472 e. The summed E-state index contributed by atoms with van der Waals surface area (Å²) in [6.07, 6.45) is 97.6. The van der Waals surface area contributed by atoms with Gasteiger partial charge < -0.3 is 33.8 Å². The van der Waals surface area contributed by atoms with E-state index in [2.05, 4.69) is 180 Å². The third-order valence-corrected chi connectivity index (χ3v) is 19.1. The lowest BCUT2D eigenvalue weighted by molar-refractivity contribution is -0.161. The van der Waals surface area contributed by atoms with Gasteiger partial charge in [0.2, 0.25) is 0 Å². The highest BCUT2D eigenvalue weighted by Crippen LogP contribution is 2.45. The molecule has 0 spiro atoms. The molecule has 0 aromatic heterocycles. The molecule has 0 aliphatic heterocycles. The van der Waals surface area contributed by atoms with Crippen molar-refractivity contribution in [2.75, 3.05) is 39.6 Å². The Kier molecular flexibility index (Phi) is 77.3. The number of rotatable bonds is 78. The predicted molar refractivity (Wildman–Crippen MR) is 454 cm³/mol. The Balaban J connectivity index is 5.49. The first-order valence-electron chi connectivity index (χ1n) is 42.4. The van der Waals surface area contributed by atoms with Crippen molar-refractivity contribution in [2.24, 2.45) is 0 Å². The summed E-state index contributed by atoms with van der Waals surface area (Å²) < 4.78 is 68.7. The number of aliphatic hydroxyl groups is 1. The maximum Gasteiger partial charge on any atom is 0.472 e. The van der Waals surface area contributed by atoms with Gasteiger partial charge in [-0.15, -0.1) is 0 Å². The third-order valence-electron chi connectivity index (χ3n) is 17.2. The van der Waals surface area contributed by atoms with Gasteiger partial charge in [-0.2, -0.15) is 0 Å². The van der Waals surface area contributed by atoms with E-state index in [1.807, 2.05) is 18.2 Å². The number of phosphoric ester groups is 2. The van der Waals surface area contributed by atoms with E-state index in [0.717, 1.165) is 180 Å². The number of hydrogen-bond donors (Lipinski definition) is 3. The van der Waals surface area contributed by atoms with Gasteiger partial charge in [0, 0.05) is 25.7 Å². The molecule has 0 saturated carbocycles. The molecule has 0 bridgehead atoms. The van der Waals surface area contributed by atoms with Crippen LogP contribution in [0.5, 0.6) is 0 Å². The second-order valence-electron chi connectivity index (χ2n) is 27.6. The van der Waals surface area contributed by atoms with Gasteiger partial charge in [0.15, 0.2) is 12.2 Å². The van der Waals surface area contributed by atoms with E-state index in [0.29, 0.717) is 32.1 Å². The lowest BCUT2D eigenvalue weighted by Gasteiger charge is -2.21. The van der Waals surface area contributed by atoms with Gasteiger partial charge in [-0.05, 0) is 167 Å². The standard InChI is InChI=1S/C91H150O17P2/c1-5-9-13-17-21-25-29-33-37-40-42-45-48-51-55-59-63-67-71-75-88(93)101-81-86(107-90(95)77-73-69-65-61-57-53-47-36-32-28-24-20-16-12-8-4)83-105-109(97,98)103-79-85(92)80-104-110(99,100)106-84-87(108-91(96)78-74-70-66-62-58-54-50-44-39-35-31-27-23-19-15-11-7-3)82-102-89(94)76-72-68-64-60-56-52-49-46-43-41-38-34-30-26-22-18-14-10-6-2/h10-11,14-15,21-23,25-27,33-39,42-43,45-47,50,52,54,56,64,68,85-87,92H,5-9,12-13,16-20,24,28-32,40-41,44,48-49,51,53,55,57-63,65-67,69-84H2,1-4H3,(H,97,98)(H,99,100)/b14-10-,15-11-,25-21-,26-22-,27-23-,37-33-,38-34-,39-35-,45-42-,46-43-,47-36-,54-50-,56-52-,68-64-. The average Bonchev–Trinajstić information content (AvgIpc) is 0.906. The normalized spacial score (nSPS) is 14.6. The van der Waals surface area contributed by atoms with Crippen molar-refractivity contribution in [1.82, 2.24) is 0 Å². The van der Waals surface area contributed by atoms with Crippen LogP contribution in [-0.4, -0.2) is 96.7 Å². The molecule has 626 valence electrons. The molecule has 110 heavy (non-hydrogen) atoms. The number of aliphatic hydroxyl groups excluding tert-OH is 1. The highest BCUT2D eigenvalue weighted by atomic mass is 31.2. The molecule has 0 heterocycles. The summed E-state index contributed by atoms with van der Waals surface area (Å²) in [6.45, 7) is 4.49. The molecule has 17 nitrogen and oxygen atoms in total. The third kappa shape index (κ3) is 80.5. The van der Waals surface area contributed by atoms with E-state index < -0.39 is 97.5 Å². The topological polar surface area (TPSA) is 237 Å². The first kappa shape index (κ1) is 104. The monoisotopic (exact) mass is 1580 g/mol. The Morgan fingerprint density at radius 3 is 0.809 bits per heavy atom. The van der Waals surface area contributed by atoms with Crippen LogP contribution in [0.2, 0.25) is 0 Å². The fraction of sp³-hybridized carbons (Fsp3) is 0.648. The number of carbonyl (C=O) groups excluding carboxylic acids is 4. The molecule has 3 N–H and O–H groups in total. The van der Waals surface area contributed by atoms with Crippen LogP contribution >= 0.6 is 15.6 Å². The van der Waals surface area contributed by atoms with Crippen molar-refractivity contribution in [3.05, 3.63) is 170 Å². The molecule has 0 amide bonds. The van der Waals surface area contributed by atoms with Crippen molar-refractivity contribution in [3.8, 4) is 0 Å². The van der Waals surface area contributed by atoms with Gasteiger partial charge in [0.1, 0.15) is 19.3 Å². The smallest absolute Gasteiger partial charge is 0.462 e. The molecular weight excluding hydrogens is 1430 g/mol. The van der Waals surface area contributed by atoms with Crippen LogP contribution in [0.4, 0.5) is 0 Å². The van der Waals surface area contributed by atoms with Crippen molar-refractivity contribution >= 4 is 39.5 Å². The van der Waals surface area contributed by atoms with Crippen molar-refractivity contribution < 1.29 is 80.2 Å². The summed E-state index contributed by atoms with van der Waals surface area (Å²) in [5.41, 5.74) is 0. The lowest BCUT2D eigenvalue weighted by atomic mass is 10.1. The molecule has 0 saturated heterocycles. The molecule has 0 aliphatic carbocycles. The van der Waals surface area contributed by atoms with Crippen LogP contribution in [0.3, 0.4) is 0 Å². The van der Waals surface area contributed by atoms with E-state index >= 15 is 0 Å². The van der Waals surface area contributed by atoms with Gasteiger partial charge in [-0.1, -0.05) is 301 Å². The Hall–Kier alpha value is -5.58. The molecule has 5 atom stereocenters. The summed E-state index contributed by atoms with van der Waals surface area (Å²) in [6, 6.07) is 0. The highest BCUT2D eigenvalue weighted by molar-refractivity contribution is 7.47. The Morgan fingerprint density at radius 2 is 0.491 bits per heavy atom. The first-order valence-corrected chi connectivity index (χ1v) is 45.4. The average molecular weight is 1580 g/mol. The lowest BCUT2D eigenvalue weighted by Crippen LogP contribution is -2.30. The molecule has 0 fully saturated rings. The molecule has 0 aliphatic rings. The van der Waals surface area contributed by atoms with Crippen molar-refractivity contribution in [2.45, 2.75) is 341 Å². The van der Waals surface area contributed by atoms with Crippen LogP contribution in [0.15, 0.2) is 170 Å². The van der Waals surface area contributed by atoms with Crippen LogP contribution < -0.4 is 0 Å². The van der Waals surface area contributed by atoms with Crippen LogP contribution in [0, 0.1) is 0 Å². The van der Waals surface area contributed by atoms with E-state index in [4.69, 9.17) is 37.0 Å². The zero-order valence-electron chi connectivity index (χ0n) is 68.6. The summed E-state index contributed by atoms with van der Waals surface area (Å²) in [7, 11) is -10.0. The number of allylic oxidation sites excluding steroid dienone is 28.